The molecule has 2 aliphatic rings. The molecule has 1 aromatic rings. The molecule has 1 aromatic carbocycles. The molecule has 0 amide bonds. The number of hydrogen-bond donors (Lipinski definition) is 3. The highest BCUT2D eigenvalue weighted by Crippen LogP contribution is 2.32. The maximum atomic E-state index is 11.0. The first kappa shape index (κ1) is 18.4. The minimum Gasteiger partial charge on any atom is -0.481 e. The first-order valence-corrected chi connectivity index (χ1v) is 9.49. The molecule has 1 heterocycles. The smallest absolute Gasteiger partial charge is 0.306 e. The number of hydrogen-bond acceptors (Lipinski definition) is 4. The highest BCUT2D eigenvalue weighted by atomic mass is 16.4. The lowest BCUT2D eigenvalue weighted by Crippen LogP contribution is -2.50. The average molecular weight is 346 g/mol. The van der Waals surface area contributed by atoms with Crippen LogP contribution >= 0.6 is 0 Å². The van der Waals surface area contributed by atoms with E-state index in [4.69, 9.17) is 5.11 Å². The molecule has 1 saturated heterocycles. The largest absolute Gasteiger partial charge is 0.481 e. The summed E-state index contributed by atoms with van der Waals surface area (Å²) >= 11 is 0. The van der Waals surface area contributed by atoms with Gasteiger partial charge in [-0.15, -0.1) is 0 Å². The van der Waals surface area contributed by atoms with Crippen LogP contribution in [0.4, 0.5) is 0 Å². The van der Waals surface area contributed by atoms with Gasteiger partial charge in [0.1, 0.15) is 0 Å². The van der Waals surface area contributed by atoms with E-state index in [2.05, 4.69) is 34.5 Å². The number of carbonyl (C=O) groups is 1. The summed E-state index contributed by atoms with van der Waals surface area (Å²) in [5.74, 6) is -0.998. The summed E-state index contributed by atoms with van der Waals surface area (Å²) in [5, 5.41) is 23.3. The Morgan fingerprint density at radius 1 is 1.12 bits per heavy atom. The van der Waals surface area contributed by atoms with Gasteiger partial charge in [-0.2, -0.15) is 0 Å². The summed E-state index contributed by atoms with van der Waals surface area (Å²) in [7, 11) is 0. The lowest BCUT2D eigenvalue weighted by Gasteiger charge is -2.38. The van der Waals surface area contributed by atoms with Gasteiger partial charge < -0.3 is 15.5 Å². The Kier molecular flexibility index (Phi) is 6.10. The molecule has 3 rings (SSSR count). The van der Waals surface area contributed by atoms with Crippen molar-refractivity contribution in [3.8, 4) is 0 Å². The molecule has 1 saturated carbocycles. The van der Waals surface area contributed by atoms with Gasteiger partial charge in [-0.25, -0.2) is 0 Å². The molecule has 25 heavy (non-hydrogen) atoms. The van der Waals surface area contributed by atoms with Gasteiger partial charge in [0.05, 0.1) is 11.5 Å². The summed E-state index contributed by atoms with van der Waals surface area (Å²) in [6.07, 6.45) is 4.54. The molecule has 0 aromatic heterocycles. The summed E-state index contributed by atoms with van der Waals surface area (Å²) in [6, 6.07) is 11.0. The number of nitrogens with zero attached hydrogens (tertiary/aromatic N) is 1. The van der Waals surface area contributed by atoms with Crippen LogP contribution in [0.3, 0.4) is 0 Å². The molecule has 5 heteroatoms. The summed E-state index contributed by atoms with van der Waals surface area (Å²) in [6.45, 7) is 3.74. The van der Waals surface area contributed by atoms with Crippen molar-refractivity contribution in [2.45, 2.75) is 56.7 Å². The third-order valence-electron chi connectivity index (χ3n) is 5.82. The van der Waals surface area contributed by atoms with Gasteiger partial charge in [-0.1, -0.05) is 30.3 Å². The molecule has 5 nitrogen and oxygen atoms in total. The second kappa shape index (κ2) is 8.30. The SMILES string of the molecule is O=C(O)C1CCC(O)(CNC2CCN(Cc3ccccc3)CC2)CC1. The minimum absolute atomic E-state index is 0.276. The number of aliphatic carboxylic acids is 1. The number of aliphatic hydroxyl groups is 1. The van der Waals surface area contributed by atoms with Crippen molar-refractivity contribution in [2.24, 2.45) is 5.92 Å². The Labute approximate surface area is 150 Å². The van der Waals surface area contributed by atoms with Crippen molar-refractivity contribution >= 4 is 5.97 Å². The highest BCUT2D eigenvalue weighted by molar-refractivity contribution is 5.70. The molecule has 3 N–H and O–H groups in total. The second-order valence-electron chi connectivity index (χ2n) is 7.75. The number of likely N-dealkylation sites (tertiary alicyclic amines) is 1. The minimum atomic E-state index is -0.729. The van der Waals surface area contributed by atoms with Crippen LogP contribution in [0.25, 0.3) is 0 Å². The molecular weight excluding hydrogens is 316 g/mol. The Morgan fingerprint density at radius 3 is 2.36 bits per heavy atom. The summed E-state index contributed by atoms with van der Waals surface area (Å²) < 4.78 is 0. The Hall–Kier alpha value is -1.43. The van der Waals surface area contributed by atoms with E-state index in [9.17, 15) is 9.90 Å². The van der Waals surface area contributed by atoms with Crippen LogP contribution in [0.2, 0.25) is 0 Å². The van der Waals surface area contributed by atoms with Crippen molar-refractivity contribution in [2.75, 3.05) is 19.6 Å². The van der Waals surface area contributed by atoms with Crippen LogP contribution in [-0.4, -0.2) is 52.4 Å². The Bertz CT molecular complexity index is 547. The number of piperidine rings is 1. The van der Waals surface area contributed by atoms with Crippen LogP contribution < -0.4 is 5.32 Å². The number of carboxylic acids is 1. The van der Waals surface area contributed by atoms with E-state index in [1.165, 1.54) is 5.56 Å². The van der Waals surface area contributed by atoms with Crippen LogP contribution in [0.5, 0.6) is 0 Å². The first-order chi connectivity index (χ1) is 12.0. The van der Waals surface area contributed by atoms with Crippen LogP contribution in [0.1, 0.15) is 44.1 Å². The van der Waals surface area contributed by atoms with Gasteiger partial charge >= 0.3 is 5.97 Å². The first-order valence-electron chi connectivity index (χ1n) is 9.49. The molecule has 2 fully saturated rings. The molecule has 0 spiro atoms. The molecule has 0 bridgehead atoms. The van der Waals surface area contributed by atoms with E-state index in [1.54, 1.807) is 0 Å². The zero-order chi connectivity index (χ0) is 17.7. The number of benzene rings is 1. The van der Waals surface area contributed by atoms with Gasteiger partial charge in [0, 0.05) is 19.1 Å². The molecular formula is C20H30N2O3. The maximum Gasteiger partial charge on any atom is 0.306 e. The predicted octanol–water partition coefficient (Wildman–Crippen LogP) is 2.25. The van der Waals surface area contributed by atoms with E-state index in [-0.39, 0.29) is 5.92 Å². The molecule has 0 atom stereocenters. The summed E-state index contributed by atoms with van der Waals surface area (Å²) in [5.41, 5.74) is 0.631. The zero-order valence-electron chi connectivity index (χ0n) is 14.9. The van der Waals surface area contributed by atoms with E-state index >= 15 is 0 Å². The monoisotopic (exact) mass is 346 g/mol. The van der Waals surface area contributed by atoms with Crippen LogP contribution in [-0.2, 0) is 11.3 Å². The topological polar surface area (TPSA) is 72.8 Å². The van der Waals surface area contributed by atoms with Crippen molar-refractivity contribution in [1.29, 1.82) is 0 Å². The van der Waals surface area contributed by atoms with Crippen LogP contribution in [0.15, 0.2) is 30.3 Å². The predicted molar refractivity (Wildman–Crippen MR) is 97.3 cm³/mol. The molecule has 138 valence electrons. The number of nitrogens with one attached hydrogen (secondary N) is 1. The van der Waals surface area contributed by atoms with Crippen molar-refractivity contribution in [1.82, 2.24) is 10.2 Å². The molecule has 0 radical (unpaired) electrons. The average Bonchev–Trinajstić information content (AvgIpc) is 2.62. The van der Waals surface area contributed by atoms with E-state index in [0.717, 1.165) is 32.5 Å². The quantitative estimate of drug-likeness (QED) is 0.737. The molecule has 0 unspecified atom stereocenters. The van der Waals surface area contributed by atoms with Crippen molar-refractivity contribution in [3.05, 3.63) is 35.9 Å². The van der Waals surface area contributed by atoms with Crippen LogP contribution in [0, 0.1) is 5.92 Å². The number of rotatable bonds is 6. The Balaban J connectivity index is 1.37. The van der Waals surface area contributed by atoms with Gasteiger partial charge in [0.25, 0.3) is 0 Å². The normalized spacial score (nSPS) is 28.8. The maximum absolute atomic E-state index is 11.0. The van der Waals surface area contributed by atoms with Crippen molar-refractivity contribution < 1.29 is 15.0 Å². The standard InChI is InChI=1S/C20H30N2O3/c23-19(24)17-6-10-20(25,11-7-17)15-21-18-8-12-22(13-9-18)14-16-4-2-1-3-5-16/h1-5,17-18,21,25H,6-15H2,(H,23,24). The van der Waals surface area contributed by atoms with Gasteiger partial charge in [0.2, 0.25) is 0 Å². The van der Waals surface area contributed by atoms with Gasteiger partial charge in [0.15, 0.2) is 0 Å². The second-order valence-corrected chi connectivity index (χ2v) is 7.75. The third-order valence-corrected chi connectivity index (χ3v) is 5.82. The van der Waals surface area contributed by atoms with E-state index in [1.807, 2.05) is 6.07 Å². The van der Waals surface area contributed by atoms with Gasteiger partial charge in [-0.3, -0.25) is 9.69 Å². The van der Waals surface area contributed by atoms with E-state index < -0.39 is 11.6 Å². The number of carboxylic acid groups (broad SMARTS) is 1. The Morgan fingerprint density at radius 2 is 1.76 bits per heavy atom. The third kappa shape index (κ3) is 5.27. The fourth-order valence-electron chi connectivity index (χ4n) is 4.05. The van der Waals surface area contributed by atoms with Crippen molar-refractivity contribution in [3.63, 3.8) is 0 Å². The van der Waals surface area contributed by atoms with E-state index in [0.29, 0.717) is 38.3 Å². The highest BCUT2D eigenvalue weighted by Gasteiger charge is 2.36. The fraction of sp³-hybridized carbons (Fsp3) is 0.650. The van der Waals surface area contributed by atoms with Gasteiger partial charge in [-0.05, 0) is 57.2 Å². The molecule has 1 aliphatic heterocycles. The lowest BCUT2D eigenvalue weighted by atomic mass is 9.78. The summed E-state index contributed by atoms with van der Waals surface area (Å²) in [4.78, 5) is 13.5. The zero-order valence-corrected chi connectivity index (χ0v) is 14.9. The lowest BCUT2D eigenvalue weighted by molar-refractivity contribution is -0.144. The molecule has 1 aliphatic carbocycles. The fourth-order valence-corrected chi connectivity index (χ4v) is 4.05.